The maximum absolute atomic E-state index is 12.7. The molecule has 0 heterocycles. The number of aliphatic hydroxyl groups excluding tert-OH is 1. The van der Waals surface area contributed by atoms with Gasteiger partial charge in [0.2, 0.25) is 19.2 Å². The minimum Gasteiger partial charge on any atom is -0.508 e. The van der Waals surface area contributed by atoms with E-state index >= 15 is 0 Å². The van der Waals surface area contributed by atoms with Crippen molar-refractivity contribution < 1.29 is 29.3 Å². The van der Waals surface area contributed by atoms with Crippen molar-refractivity contribution in [2.24, 2.45) is 17.6 Å². The third-order valence-electron chi connectivity index (χ3n) is 6.25. The van der Waals surface area contributed by atoms with E-state index in [0.29, 0.717) is 0 Å². The Morgan fingerprint density at radius 3 is 2.32 bits per heavy atom. The number of hydrogen-bond acceptors (Lipinski definition) is 6. The Morgan fingerprint density at radius 1 is 1.12 bits per heavy atom. The number of amides is 2. The molecule has 10 heteroatoms. The van der Waals surface area contributed by atoms with Crippen molar-refractivity contribution in [2.75, 3.05) is 18.9 Å². The van der Waals surface area contributed by atoms with E-state index in [9.17, 15) is 29.3 Å². The van der Waals surface area contributed by atoms with Gasteiger partial charge in [-0.15, -0.1) is 0 Å². The topological polar surface area (TPSA) is 162 Å². The van der Waals surface area contributed by atoms with Gasteiger partial charge in [0.05, 0.1) is 18.3 Å². The summed E-state index contributed by atoms with van der Waals surface area (Å²) in [6, 6.07) is 4.61. The predicted molar refractivity (Wildman–Crippen MR) is 132 cm³/mol. The molecule has 1 aromatic carbocycles. The average Bonchev–Trinajstić information content (AvgIpc) is 2.77. The van der Waals surface area contributed by atoms with E-state index in [4.69, 9.17) is 5.73 Å². The van der Waals surface area contributed by atoms with Crippen molar-refractivity contribution in [3.8, 4) is 5.75 Å². The molecule has 0 radical (unpaired) electrons. The minimum absolute atomic E-state index is 0.118. The predicted octanol–water partition coefficient (Wildman–Crippen LogP) is 1.73. The van der Waals surface area contributed by atoms with Crippen LogP contribution in [0.5, 0.6) is 5.75 Å². The molecule has 1 fully saturated rings. The number of nitrogens with two attached hydrogens (primary N) is 1. The molecule has 4 atom stereocenters. The summed E-state index contributed by atoms with van der Waals surface area (Å²) in [6.07, 6.45) is 4.24. The summed E-state index contributed by atoms with van der Waals surface area (Å²) in [4.78, 5) is 35.6. The van der Waals surface area contributed by atoms with E-state index in [1.165, 1.54) is 12.1 Å². The molecule has 0 aromatic heterocycles. The van der Waals surface area contributed by atoms with Crippen LogP contribution in [0.25, 0.3) is 0 Å². The number of aromatic hydroxyl groups is 1. The van der Waals surface area contributed by atoms with Crippen molar-refractivity contribution in [1.82, 2.24) is 10.6 Å². The normalized spacial score (nSPS) is 19.1. The number of carbonyl (C=O) groups is 2. The molecular formula is C24H40N3O6P. The SMILES string of the molecule is CC(C)C(NC(=O)C(N)Cc1ccc(O)cc1)C(=O)NCC(O)CP(=O)(O)CC1CCCCC1. The molecule has 2 rings (SSSR count). The van der Waals surface area contributed by atoms with Crippen LogP contribution in [-0.2, 0) is 20.6 Å². The molecule has 2 amide bonds. The maximum atomic E-state index is 12.7. The van der Waals surface area contributed by atoms with E-state index in [0.717, 1.165) is 37.7 Å². The molecule has 0 aliphatic heterocycles. The lowest BCUT2D eigenvalue weighted by molar-refractivity contribution is -0.130. The first kappa shape index (κ1) is 28.3. The van der Waals surface area contributed by atoms with Gasteiger partial charge in [0.1, 0.15) is 11.8 Å². The first-order valence-corrected chi connectivity index (χ1v) is 14.1. The fourth-order valence-corrected chi connectivity index (χ4v) is 6.45. The number of carbonyl (C=O) groups excluding carboxylic acids is 2. The van der Waals surface area contributed by atoms with Gasteiger partial charge in [-0.05, 0) is 48.8 Å². The van der Waals surface area contributed by atoms with Crippen LogP contribution in [0.15, 0.2) is 24.3 Å². The van der Waals surface area contributed by atoms with E-state index in [2.05, 4.69) is 10.6 Å². The van der Waals surface area contributed by atoms with Crippen LogP contribution >= 0.6 is 7.37 Å². The van der Waals surface area contributed by atoms with Gasteiger partial charge in [0, 0.05) is 12.7 Å². The third-order valence-corrected chi connectivity index (χ3v) is 8.33. The Kier molecular flexibility index (Phi) is 11.0. The molecule has 0 bridgehead atoms. The smallest absolute Gasteiger partial charge is 0.242 e. The van der Waals surface area contributed by atoms with Crippen molar-refractivity contribution in [3.05, 3.63) is 29.8 Å². The Labute approximate surface area is 202 Å². The lowest BCUT2D eigenvalue weighted by atomic mass is 9.91. The van der Waals surface area contributed by atoms with Crippen LogP contribution < -0.4 is 16.4 Å². The highest BCUT2D eigenvalue weighted by Crippen LogP contribution is 2.45. The first-order chi connectivity index (χ1) is 16.0. The van der Waals surface area contributed by atoms with Crippen LogP contribution in [0, 0.1) is 11.8 Å². The van der Waals surface area contributed by atoms with Gasteiger partial charge in [-0.2, -0.15) is 0 Å². The Bertz CT molecular complexity index is 842. The summed E-state index contributed by atoms with van der Waals surface area (Å²) in [5.41, 5.74) is 6.77. The fourth-order valence-electron chi connectivity index (χ4n) is 4.34. The van der Waals surface area contributed by atoms with Crippen LogP contribution in [0.1, 0.15) is 51.5 Å². The van der Waals surface area contributed by atoms with Crippen molar-refractivity contribution in [1.29, 1.82) is 0 Å². The van der Waals surface area contributed by atoms with Crippen molar-refractivity contribution in [3.63, 3.8) is 0 Å². The molecule has 34 heavy (non-hydrogen) atoms. The van der Waals surface area contributed by atoms with E-state index in [-0.39, 0.29) is 42.9 Å². The molecule has 9 nitrogen and oxygen atoms in total. The highest BCUT2D eigenvalue weighted by Gasteiger charge is 2.30. The summed E-state index contributed by atoms with van der Waals surface area (Å²) >= 11 is 0. The number of phenolic OH excluding ortho intramolecular Hbond substituents is 1. The Hall–Kier alpha value is -1.93. The van der Waals surface area contributed by atoms with Gasteiger partial charge >= 0.3 is 0 Å². The lowest BCUT2D eigenvalue weighted by Gasteiger charge is -2.26. The fraction of sp³-hybridized carbons (Fsp3) is 0.667. The summed E-state index contributed by atoms with van der Waals surface area (Å²) in [5.74, 6) is -0.879. The highest BCUT2D eigenvalue weighted by molar-refractivity contribution is 7.58. The molecule has 7 N–H and O–H groups in total. The van der Waals surface area contributed by atoms with E-state index in [1.54, 1.807) is 26.0 Å². The molecule has 0 spiro atoms. The molecule has 4 unspecified atom stereocenters. The average molecular weight is 498 g/mol. The summed E-state index contributed by atoms with van der Waals surface area (Å²) < 4.78 is 12.6. The third kappa shape index (κ3) is 9.74. The summed E-state index contributed by atoms with van der Waals surface area (Å²) in [6.45, 7) is 3.38. The second kappa shape index (κ2) is 13.2. The first-order valence-electron chi connectivity index (χ1n) is 12.1. The van der Waals surface area contributed by atoms with Crippen LogP contribution in [0.2, 0.25) is 0 Å². The number of phenols is 1. The molecular weight excluding hydrogens is 457 g/mol. The monoisotopic (exact) mass is 497 g/mol. The number of rotatable bonds is 12. The number of nitrogens with one attached hydrogen (secondary N) is 2. The van der Waals surface area contributed by atoms with Gasteiger partial charge in [-0.25, -0.2) is 0 Å². The number of aliphatic hydroxyl groups is 1. The zero-order valence-electron chi connectivity index (χ0n) is 20.2. The molecule has 1 aromatic rings. The van der Waals surface area contributed by atoms with Gasteiger partial charge in [-0.3, -0.25) is 14.2 Å². The van der Waals surface area contributed by atoms with Crippen LogP contribution in [0.3, 0.4) is 0 Å². The molecule has 1 saturated carbocycles. The molecule has 1 aliphatic carbocycles. The van der Waals surface area contributed by atoms with Gasteiger partial charge < -0.3 is 31.5 Å². The van der Waals surface area contributed by atoms with E-state index < -0.39 is 37.4 Å². The standard InChI is InChI=1S/C24H40N3O6P/c1-16(2)22(27-23(30)21(25)12-17-8-10-19(28)11-9-17)24(31)26-13-20(29)15-34(32,33)14-18-6-4-3-5-7-18/h8-11,16,18,20-22,28-29H,3-7,12-15,25H2,1-2H3,(H,26,31)(H,27,30)(H,32,33). The summed E-state index contributed by atoms with van der Waals surface area (Å²) in [5, 5.41) is 24.9. The quantitative estimate of drug-likeness (QED) is 0.240. The van der Waals surface area contributed by atoms with Crippen LogP contribution in [-0.4, -0.2) is 64.0 Å². The second-order valence-corrected chi connectivity index (χ2v) is 12.2. The van der Waals surface area contributed by atoms with E-state index in [1.807, 2.05) is 0 Å². The highest BCUT2D eigenvalue weighted by atomic mass is 31.2. The zero-order chi connectivity index (χ0) is 25.3. The van der Waals surface area contributed by atoms with Gasteiger partial charge in [0.25, 0.3) is 0 Å². The largest absolute Gasteiger partial charge is 0.508 e. The Morgan fingerprint density at radius 2 is 1.74 bits per heavy atom. The van der Waals surface area contributed by atoms with Crippen molar-refractivity contribution in [2.45, 2.75) is 70.6 Å². The van der Waals surface area contributed by atoms with Gasteiger partial charge in [-0.1, -0.05) is 45.2 Å². The minimum atomic E-state index is -3.50. The number of hydrogen-bond donors (Lipinski definition) is 6. The maximum Gasteiger partial charge on any atom is 0.242 e. The van der Waals surface area contributed by atoms with Crippen LogP contribution in [0.4, 0.5) is 0 Å². The zero-order valence-corrected chi connectivity index (χ0v) is 21.0. The molecule has 192 valence electrons. The lowest BCUT2D eigenvalue weighted by Crippen LogP contribution is -2.55. The molecule has 0 saturated heterocycles. The summed E-state index contributed by atoms with van der Waals surface area (Å²) in [7, 11) is -3.50. The van der Waals surface area contributed by atoms with Gasteiger partial charge in [0.15, 0.2) is 0 Å². The second-order valence-electron chi connectivity index (χ2n) is 9.82. The number of benzene rings is 1. The molecule has 1 aliphatic rings. The van der Waals surface area contributed by atoms with Crippen molar-refractivity contribution >= 4 is 19.2 Å². The Balaban J connectivity index is 1.83.